The summed E-state index contributed by atoms with van der Waals surface area (Å²) in [4.78, 5) is 0. The Morgan fingerprint density at radius 2 is 1.00 bits per heavy atom. The first-order chi connectivity index (χ1) is 15.1. The molecule has 0 saturated carbocycles. The summed E-state index contributed by atoms with van der Waals surface area (Å²) in [6, 6.07) is 35.1. The molecular formula is C27H26N2O2. The van der Waals surface area contributed by atoms with Crippen molar-refractivity contribution in [3.8, 4) is 11.5 Å². The Morgan fingerprint density at radius 1 is 0.581 bits per heavy atom. The lowest BCUT2D eigenvalue weighted by Crippen LogP contribution is -2.47. The molecule has 0 radical (unpaired) electrons. The third-order valence-corrected chi connectivity index (χ3v) is 5.39. The van der Waals surface area contributed by atoms with Crippen molar-refractivity contribution in [2.24, 2.45) is 0 Å². The van der Waals surface area contributed by atoms with Gasteiger partial charge in [-0.25, -0.2) is 0 Å². The molecule has 31 heavy (non-hydrogen) atoms. The van der Waals surface area contributed by atoms with E-state index in [4.69, 9.17) is 20.9 Å². The number of anilines is 2. The molecule has 0 aliphatic heterocycles. The van der Waals surface area contributed by atoms with Crippen LogP contribution in [-0.2, 0) is 5.60 Å². The molecule has 156 valence electrons. The van der Waals surface area contributed by atoms with E-state index in [0.717, 1.165) is 11.1 Å². The van der Waals surface area contributed by atoms with E-state index < -0.39 is 11.7 Å². The average molecular weight is 411 g/mol. The van der Waals surface area contributed by atoms with E-state index in [9.17, 15) is 0 Å². The van der Waals surface area contributed by atoms with Crippen LogP contribution < -0.4 is 20.9 Å². The van der Waals surface area contributed by atoms with Crippen LogP contribution in [-0.4, -0.2) is 6.10 Å². The third-order valence-electron chi connectivity index (χ3n) is 5.39. The van der Waals surface area contributed by atoms with Crippen LogP contribution in [0.2, 0.25) is 0 Å². The van der Waals surface area contributed by atoms with E-state index in [-0.39, 0.29) is 0 Å². The van der Waals surface area contributed by atoms with Crippen LogP contribution in [0.3, 0.4) is 0 Å². The highest BCUT2D eigenvalue weighted by molar-refractivity contribution is 5.55. The molecule has 0 aliphatic rings. The summed E-state index contributed by atoms with van der Waals surface area (Å²) in [7, 11) is 0. The lowest BCUT2D eigenvalue weighted by molar-refractivity contribution is -0.00360. The molecule has 4 nitrogen and oxygen atoms in total. The van der Waals surface area contributed by atoms with E-state index >= 15 is 0 Å². The molecule has 4 N–H and O–H groups in total. The molecule has 4 heteroatoms. The van der Waals surface area contributed by atoms with Gasteiger partial charge in [0.25, 0.3) is 0 Å². The maximum Gasteiger partial charge on any atom is 0.195 e. The van der Waals surface area contributed by atoms with Crippen molar-refractivity contribution in [2.45, 2.75) is 18.6 Å². The minimum Gasteiger partial charge on any atom is -0.484 e. The predicted octanol–water partition coefficient (Wildman–Crippen LogP) is 5.64. The lowest BCUT2D eigenvalue weighted by Gasteiger charge is -2.40. The first-order valence-corrected chi connectivity index (χ1v) is 10.3. The number of benzene rings is 4. The number of rotatable bonds is 7. The monoisotopic (exact) mass is 410 g/mol. The van der Waals surface area contributed by atoms with Crippen molar-refractivity contribution in [3.05, 3.63) is 120 Å². The largest absolute Gasteiger partial charge is 0.484 e. The van der Waals surface area contributed by atoms with Gasteiger partial charge in [-0.05, 0) is 31.2 Å². The standard InChI is InChI=1S/C27H26N2O2/c1-20(30-25-18-10-8-16-23(25)28)27(21-12-4-2-5-13-21,22-14-6-3-7-15-22)31-26-19-11-9-17-24(26)29/h2-20H,28-29H2,1H3. The normalized spacial score (nSPS) is 12.2. The molecular weight excluding hydrogens is 384 g/mol. The van der Waals surface area contributed by atoms with E-state index in [2.05, 4.69) is 0 Å². The van der Waals surface area contributed by atoms with Crippen molar-refractivity contribution < 1.29 is 9.47 Å². The summed E-state index contributed by atoms with van der Waals surface area (Å²) in [5.74, 6) is 1.20. The fraction of sp³-hybridized carbons (Fsp3) is 0.111. The second-order valence-corrected chi connectivity index (χ2v) is 7.41. The molecule has 0 bridgehead atoms. The molecule has 4 rings (SSSR count). The summed E-state index contributed by atoms with van der Waals surface area (Å²) >= 11 is 0. The number of hydrogen-bond donors (Lipinski definition) is 2. The molecule has 0 spiro atoms. The number of nitrogens with two attached hydrogens (primary N) is 2. The Hall–Kier alpha value is -3.92. The van der Waals surface area contributed by atoms with Gasteiger partial charge in [0.05, 0.1) is 11.4 Å². The Bertz CT molecular complexity index is 1090. The van der Waals surface area contributed by atoms with E-state index in [1.807, 2.05) is 116 Å². The molecule has 1 unspecified atom stereocenters. The first-order valence-electron chi connectivity index (χ1n) is 10.3. The maximum atomic E-state index is 6.79. The van der Waals surface area contributed by atoms with Crippen LogP contribution in [0.25, 0.3) is 0 Å². The molecule has 0 aliphatic carbocycles. The highest BCUT2D eigenvalue weighted by Gasteiger charge is 2.44. The molecule has 0 amide bonds. The highest BCUT2D eigenvalue weighted by Crippen LogP contribution is 2.41. The molecule has 4 aromatic rings. The Morgan fingerprint density at radius 3 is 1.48 bits per heavy atom. The van der Waals surface area contributed by atoms with Gasteiger partial charge in [-0.2, -0.15) is 0 Å². The smallest absolute Gasteiger partial charge is 0.195 e. The summed E-state index contributed by atoms with van der Waals surface area (Å²) in [6.07, 6.45) is -0.443. The summed E-state index contributed by atoms with van der Waals surface area (Å²) < 4.78 is 13.2. The zero-order valence-corrected chi connectivity index (χ0v) is 17.4. The van der Waals surface area contributed by atoms with Crippen LogP contribution >= 0.6 is 0 Å². The minimum absolute atomic E-state index is 0.443. The molecule has 0 heterocycles. The highest BCUT2D eigenvalue weighted by atomic mass is 16.6. The van der Waals surface area contributed by atoms with E-state index in [0.29, 0.717) is 22.9 Å². The number of nitrogen functional groups attached to an aromatic ring is 2. The van der Waals surface area contributed by atoms with Gasteiger partial charge in [0.15, 0.2) is 5.60 Å². The Kier molecular flexibility index (Phi) is 5.80. The van der Waals surface area contributed by atoms with Crippen LogP contribution in [0.15, 0.2) is 109 Å². The van der Waals surface area contributed by atoms with Gasteiger partial charge in [0.1, 0.15) is 17.6 Å². The van der Waals surface area contributed by atoms with Crippen LogP contribution in [0.5, 0.6) is 11.5 Å². The number of para-hydroxylation sites is 4. The van der Waals surface area contributed by atoms with Crippen molar-refractivity contribution in [3.63, 3.8) is 0 Å². The topological polar surface area (TPSA) is 70.5 Å². The summed E-state index contributed by atoms with van der Waals surface area (Å²) in [6.45, 7) is 1.99. The summed E-state index contributed by atoms with van der Waals surface area (Å²) in [5, 5.41) is 0. The van der Waals surface area contributed by atoms with Gasteiger partial charge in [0.2, 0.25) is 0 Å². The number of ether oxygens (including phenoxy) is 2. The van der Waals surface area contributed by atoms with Crippen molar-refractivity contribution in [1.29, 1.82) is 0 Å². The number of hydrogen-bond acceptors (Lipinski definition) is 4. The lowest BCUT2D eigenvalue weighted by atomic mass is 9.81. The van der Waals surface area contributed by atoms with Gasteiger partial charge in [-0.1, -0.05) is 84.9 Å². The molecule has 0 fully saturated rings. The SMILES string of the molecule is CC(Oc1ccccc1N)C(Oc1ccccc1N)(c1ccccc1)c1ccccc1. The zero-order valence-electron chi connectivity index (χ0n) is 17.4. The Balaban J connectivity index is 1.91. The van der Waals surface area contributed by atoms with Crippen LogP contribution in [0, 0.1) is 0 Å². The molecule has 1 atom stereocenters. The van der Waals surface area contributed by atoms with Crippen molar-refractivity contribution in [1.82, 2.24) is 0 Å². The molecule has 0 aromatic heterocycles. The van der Waals surface area contributed by atoms with Gasteiger partial charge in [-0.15, -0.1) is 0 Å². The van der Waals surface area contributed by atoms with Crippen molar-refractivity contribution >= 4 is 11.4 Å². The minimum atomic E-state index is -0.972. The maximum absolute atomic E-state index is 6.79. The van der Waals surface area contributed by atoms with Gasteiger partial charge >= 0.3 is 0 Å². The van der Waals surface area contributed by atoms with Gasteiger partial charge < -0.3 is 20.9 Å². The van der Waals surface area contributed by atoms with Crippen LogP contribution in [0.4, 0.5) is 11.4 Å². The molecule has 0 saturated heterocycles. The van der Waals surface area contributed by atoms with Crippen molar-refractivity contribution in [2.75, 3.05) is 11.5 Å². The van der Waals surface area contributed by atoms with E-state index in [1.54, 1.807) is 0 Å². The average Bonchev–Trinajstić information content (AvgIpc) is 2.81. The third kappa shape index (κ3) is 4.05. The first kappa shape index (κ1) is 20.4. The Labute approximate surface area is 183 Å². The van der Waals surface area contributed by atoms with Gasteiger partial charge in [-0.3, -0.25) is 0 Å². The molecule has 4 aromatic carbocycles. The second kappa shape index (κ2) is 8.84. The van der Waals surface area contributed by atoms with Gasteiger partial charge in [0, 0.05) is 11.1 Å². The summed E-state index contributed by atoms with van der Waals surface area (Å²) in [5.41, 5.74) is 14.5. The fourth-order valence-electron chi connectivity index (χ4n) is 3.82. The van der Waals surface area contributed by atoms with Crippen LogP contribution in [0.1, 0.15) is 18.1 Å². The second-order valence-electron chi connectivity index (χ2n) is 7.41. The predicted molar refractivity (Wildman–Crippen MR) is 126 cm³/mol. The zero-order chi connectivity index (χ0) is 21.7. The van der Waals surface area contributed by atoms with E-state index in [1.165, 1.54) is 0 Å². The fourth-order valence-corrected chi connectivity index (χ4v) is 3.82. The quantitative estimate of drug-likeness (QED) is 0.387.